The van der Waals surface area contributed by atoms with Crippen molar-refractivity contribution in [3.05, 3.63) is 0 Å². The van der Waals surface area contributed by atoms with Gasteiger partial charge in [-0.05, 0) is 39.4 Å². The summed E-state index contributed by atoms with van der Waals surface area (Å²) in [5.74, 6) is 0. The summed E-state index contributed by atoms with van der Waals surface area (Å²) in [6, 6.07) is 0.744. The van der Waals surface area contributed by atoms with Gasteiger partial charge in [-0.1, -0.05) is 13.8 Å². The number of aliphatic hydroxyl groups excluding tert-OH is 1. The van der Waals surface area contributed by atoms with Crippen LogP contribution in [-0.2, 0) is 0 Å². The van der Waals surface area contributed by atoms with E-state index >= 15 is 0 Å². The molecule has 15 heavy (non-hydrogen) atoms. The molecule has 0 saturated carbocycles. The average molecular weight is 214 g/mol. The van der Waals surface area contributed by atoms with E-state index in [1.807, 2.05) is 13.8 Å². The predicted octanol–water partition coefficient (Wildman–Crippen LogP) is 1.17. The SMILES string of the molecule is CC.CN1CCC(N2CCC(O)C2)CC1. The summed E-state index contributed by atoms with van der Waals surface area (Å²) < 4.78 is 0. The van der Waals surface area contributed by atoms with Crippen molar-refractivity contribution in [1.29, 1.82) is 0 Å². The molecule has 1 unspecified atom stereocenters. The van der Waals surface area contributed by atoms with Gasteiger partial charge in [-0.25, -0.2) is 0 Å². The van der Waals surface area contributed by atoms with Crippen molar-refractivity contribution in [2.24, 2.45) is 0 Å². The molecule has 2 heterocycles. The van der Waals surface area contributed by atoms with Gasteiger partial charge in [0.2, 0.25) is 0 Å². The molecule has 2 aliphatic heterocycles. The first kappa shape index (κ1) is 12.9. The highest BCUT2D eigenvalue weighted by molar-refractivity contribution is 4.84. The zero-order valence-corrected chi connectivity index (χ0v) is 10.4. The second-order valence-electron chi connectivity index (χ2n) is 4.47. The Morgan fingerprint density at radius 3 is 2.07 bits per heavy atom. The quantitative estimate of drug-likeness (QED) is 0.710. The van der Waals surface area contributed by atoms with Crippen molar-refractivity contribution in [2.45, 2.75) is 45.3 Å². The minimum atomic E-state index is -0.0559. The summed E-state index contributed by atoms with van der Waals surface area (Å²) in [6.07, 6.45) is 3.48. The summed E-state index contributed by atoms with van der Waals surface area (Å²) >= 11 is 0. The molecule has 1 N–H and O–H groups in total. The maximum atomic E-state index is 9.43. The first-order valence-electron chi connectivity index (χ1n) is 6.36. The summed E-state index contributed by atoms with van der Waals surface area (Å²) in [5.41, 5.74) is 0. The molecule has 2 aliphatic rings. The summed E-state index contributed by atoms with van der Waals surface area (Å²) in [7, 11) is 2.19. The van der Waals surface area contributed by atoms with E-state index in [1.54, 1.807) is 0 Å². The third-order valence-electron chi connectivity index (χ3n) is 3.40. The molecule has 2 fully saturated rings. The van der Waals surface area contributed by atoms with Crippen LogP contribution in [0.3, 0.4) is 0 Å². The van der Waals surface area contributed by atoms with Crippen LogP contribution in [-0.4, -0.2) is 60.3 Å². The second kappa shape index (κ2) is 6.46. The maximum Gasteiger partial charge on any atom is 0.0679 e. The molecule has 3 nitrogen and oxygen atoms in total. The third kappa shape index (κ3) is 3.74. The lowest BCUT2D eigenvalue weighted by Crippen LogP contribution is -2.42. The lowest BCUT2D eigenvalue weighted by molar-refractivity contribution is 0.119. The van der Waals surface area contributed by atoms with E-state index in [1.165, 1.54) is 25.9 Å². The van der Waals surface area contributed by atoms with E-state index in [0.29, 0.717) is 0 Å². The summed E-state index contributed by atoms with van der Waals surface area (Å²) in [6.45, 7) is 8.46. The van der Waals surface area contributed by atoms with Crippen molar-refractivity contribution in [3.8, 4) is 0 Å². The molecule has 0 aromatic heterocycles. The van der Waals surface area contributed by atoms with Crippen molar-refractivity contribution >= 4 is 0 Å². The van der Waals surface area contributed by atoms with Gasteiger partial charge in [0.25, 0.3) is 0 Å². The van der Waals surface area contributed by atoms with Crippen LogP contribution in [0.25, 0.3) is 0 Å². The number of β-amino-alcohol motifs (C(OH)–C–C–N with tert-alkyl or cyclic N) is 1. The second-order valence-corrected chi connectivity index (χ2v) is 4.47. The van der Waals surface area contributed by atoms with E-state index in [4.69, 9.17) is 0 Å². The Hall–Kier alpha value is -0.120. The number of nitrogens with zero attached hydrogens (tertiary/aromatic N) is 2. The molecule has 0 aromatic rings. The van der Waals surface area contributed by atoms with Crippen LogP contribution < -0.4 is 0 Å². The van der Waals surface area contributed by atoms with Crippen LogP contribution in [0.1, 0.15) is 33.1 Å². The Bertz CT molecular complexity index is 167. The third-order valence-corrected chi connectivity index (χ3v) is 3.40. The van der Waals surface area contributed by atoms with Gasteiger partial charge in [0.05, 0.1) is 6.10 Å². The molecule has 90 valence electrons. The number of rotatable bonds is 1. The molecule has 0 bridgehead atoms. The van der Waals surface area contributed by atoms with Gasteiger partial charge in [-0.3, -0.25) is 4.90 Å². The average Bonchev–Trinajstić information content (AvgIpc) is 2.69. The van der Waals surface area contributed by atoms with Crippen molar-refractivity contribution in [3.63, 3.8) is 0 Å². The predicted molar refractivity (Wildman–Crippen MR) is 64.1 cm³/mol. The van der Waals surface area contributed by atoms with Gasteiger partial charge in [0, 0.05) is 19.1 Å². The Kier molecular flexibility index (Phi) is 5.58. The Balaban J connectivity index is 0.000000531. The lowest BCUT2D eigenvalue weighted by Gasteiger charge is -2.34. The normalized spacial score (nSPS) is 30.0. The highest BCUT2D eigenvalue weighted by atomic mass is 16.3. The number of piperidine rings is 1. The molecule has 0 amide bonds. The fourth-order valence-electron chi connectivity index (χ4n) is 2.46. The van der Waals surface area contributed by atoms with Gasteiger partial charge in [0.15, 0.2) is 0 Å². The molecule has 0 spiro atoms. The minimum absolute atomic E-state index is 0.0559. The standard InChI is InChI=1S/C10H20N2O.C2H6/c1-11-5-2-9(3-6-11)12-7-4-10(13)8-12;1-2/h9-10,13H,2-8H2,1H3;1-2H3. The first-order valence-corrected chi connectivity index (χ1v) is 6.36. The van der Waals surface area contributed by atoms with E-state index in [9.17, 15) is 5.11 Å². The Morgan fingerprint density at radius 1 is 1.00 bits per heavy atom. The van der Waals surface area contributed by atoms with Gasteiger partial charge < -0.3 is 10.0 Å². The van der Waals surface area contributed by atoms with Crippen LogP contribution in [0.4, 0.5) is 0 Å². The van der Waals surface area contributed by atoms with Crippen LogP contribution in [0.15, 0.2) is 0 Å². The van der Waals surface area contributed by atoms with Gasteiger partial charge in [0.1, 0.15) is 0 Å². The largest absolute Gasteiger partial charge is 0.392 e. The number of hydrogen-bond donors (Lipinski definition) is 1. The Morgan fingerprint density at radius 2 is 1.60 bits per heavy atom. The van der Waals surface area contributed by atoms with E-state index < -0.39 is 0 Å². The maximum absolute atomic E-state index is 9.43. The van der Waals surface area contributed by atoms with Crippen LogP contribution in [0, 0.1) is 0 Å². The number of hydrogen-bond acceptors (Lipinski definition) is 3. The van der Waals surface area contributed by atoms with Gasteiger partial charge in [-0.15, -0.1) is 0 Å². The van der Waals surface area contributed by atoms with E-state index in [2.05, 4.69) is 16.8 Å². The molecule has 2 saturated heterocycles. The Labute approximate surface area is 94.1 Å². The van der Waals surface area contributed by atoms with Crippen LogP contribution >= 0.6 is 0 Å². The van der Waals surface area contributed by atoms with E-state index in [-0.39, 0.29) is 6.10 Å². The molecule has 2 rings (SSSR count). The van der Waals surface area contributed by atoms with Crippen molar-refractivity contribution in [1.82, 2.24) is 9.80 Å². The molecular formula is C12H26N2O. The minimum Gasteiger partial charge on any atom is -0.392 e. The lowest BCUT2D eigenvalue weighted by atomic mass is 10.0. The molecule has 3 heteroatoms. The fourth-order valence-corrected chi connectivity index (χ4v) is 2.46. The topological polar surface area (TPSA) is 26.7 Å². The van der Waals surface area contributed by atoms with Crippen LogP contribution in [0.5, 0.6) is 0 Å². The molecule has 0 aliphatic carbocycles. The summed E-state index contributed by atoms with van der Waals surface area (Å²) in [4.78, 5) is 4.86. The number of likely N-dealkylation sites (tertiary alicyclic amines) is 2. The monoisotopic (exact) mass is 214 g/mol. The van der Waals surface area contributed by atoms with E-state index in [0.717, 1.165) is 25.6 Å². The smallest absolute Gasteiger partial charge is 0.0679 e. The highest BCUT2D eigenvalue weighted by Gasteiger charge is 2.28. The zero-order valence-electron chi connectivity index (χ0n) is 10.4. The molecule has 1 atom stereocenters. The van der Waals surface area contributed by atoms with Gasteiger partial charge in [-0.2, -0.15) is 0 Å². The first-order chi connectivity index (χ1) is 7.25. The fraction of sp³-hybridized carbons (Fsp3) is 1.00. The molecule has 0 radical (unpaired) electrons. The van der Waals surface area contributed by atoms with Crippen molar-refractivity contribution < 1.29 is 5.11 Å². The molecule has 0 aromatic carbocycles. The highest BCUT2D eigenvalue weighted by Crippen LogP contribution is 2.20. The molecular weight excluding hydrogens is 188 g/mol. The summed E-state index contributed by atoms with van der Waals surface area (Å²) in [5, 5.41) is 9.43. The van der Waals surface area contributed by atoms with Crippen LogP contribution in [0.2, 0.25) is 0 Å². The van der Waals surface area contributed by atoms with Gasteiger partial charge >= 0.3 is 0 Å². The van der Waals surface area contributed by atoms with Crippen molar-refractivity contribution in [2.75, 3.05) is 33.2 Å². The zero-order chi connectivity index (χ0) is 11.3. The number of aliphatic hydroxyl groups is 1.